The molecule has 2 unspecified atom stereocenters. The van der Waals surface area contributed by atoms with Gasteiger partial charge >= 0.3 is 0 Å². The van der Waals surface area contributed by atoms with Crippen LogP contribution in [-0.2, 0) is 0 Å². The summed E-state index contributed by atoms with van der Waals surface area (Å²) in [6, 6.07) is 3.28. The molecule has 1 N–H and O–H groups in total. The molecule has 2 atom stereocenters. The number of carbonyl (C=O) groups excluding carboxylic acids is 1. The second-order valence-corrected chi connectivity index (χ2v) is 4.84. The molecule has 1 saturated heterocycles. The van der Waals surface area contributed by atoms with Crippen molar-refractivity contribution in [1.29, 1.82) is 0 Å². The minimum atomic E-state index is -0.637. The van der Waals surface area contributed by atoms with E-state index in [1.807, 2.05) is 5.01 Å². The third-order valence-corrected chi connectivity index (χ3v) is 3.41. The number of nitrogens with one attached hydrogen (secondary N) is 1. The molecule has 98 valence electrons. The molecule has 0 spiro atoms. The zero-order valence-corrected chi connectivity index (χ0v) is 10.7. The Morgan fingerprint density at radius 2 is 2.11 bits per heavy atom. The molecule has 0 saturated carbocycles. The van der Waals surface area contributed by atoms with Crippen molar-refractivity contribution in [3.8, 4) is 0 Å². The van der Waals surface area contributed by atoms with E-state index in [1.165, 1.54) is 18.7 Å². The van der Waals surface area contributed by atoms with Crippen LogP contribution in [0.5, 0.6) is 0 Å². The number of hydrogen-bond donors (Lipinski definition) is 1. The molecule has 0 aliphatic carbocycles. The highest BCUT2D eigenvalue weighted by atomic mass is 19.1. The van der Waals surface area contributed by atoms with Gasteiger partial charge in [-0.25, -0.2) is 9.99 Å². The predicted octanol–water partition coefficient (Wildman–Crippen LogP) is 2.13. The van der Waals surface area contributed by atoms with E-state index >= 15 is 0 Å². The van der Waals surface area contributed by atoms with Gasteiger partial charge in [0.2, 0.25) is 5.95 Å². The summed E-state index contributed by atoms with van der Waals surface area (Å²) >= 11 is 0. The van der Waals surface area contributed by atoms with Gasteiger partial charge in [-0.3, -0.25) is 10.2 Å². The first kappa shape index (κ1) is 13.0. The average molecular weight is 251 g/mol. The molecule has 0 aromatic carbocycles. The summed E-state index contributed by atoms with van der Waals surface area (Å²) in [4.78, 5) is 15.4. The van der Waals surface area contributed by atoms with Crippen LogP contribution in [0.25, 0.3) is 0 Å². The lowest BCUT2D eigenvalue weighted by atomic mass is 10.00. The number of pyridine rings is 1. The van der Waals surface area contributed by atoms with Crippen molar-refractivity contribution in [1.82, 2.24) is 15.4 Å². The summed E-state index contributed by atoms with van der Waals surface area (Å²) in [6.45, 7) is 4.17. The first-order valence-corrected chi connectivity index (χ1v) is 6.29. The fraction of sp³-hybridized carbons (Fsp3) is 0.538. The molecular weight excluding hydrogens is 233 g/mol. The number of carbonyl (C=O) groups is 1. The molecule has 0 radical (unpaired) electrons. The summed E-state index contributed by atoms with van der Waals surface area (Å²) < 4.78 is 13.0. The fourth-order valence-electron chi connectivity index (χ4n) is 2.37. The van der Waals surface area contributed by atoms with Crippen molar-refractivity contribution >= 4 is 5.91 Å². The highest BCUT2D eigenvalue weighted by Gasteiger charge is 2.26. The third kappa shape index (κ3) is 2.85. The Balaban J connectivity index is 2.06. The number of piperidine rings is 1. The molecule has 1 aliphatic heterocycles. The van der Waals surface area contributed by atoms with Crippen LogP contribution < -0.4 is 5.43 Å². The van der Waals surface area contributed by atoms with Crippen LogP contribution in [0.3, 0.4) is 0 Å². The van der Waals surface area contributed by atoms with Gasteiger partial charge in [0.05, 0.1) is 0 Å². The summed E-state index contributed by atoms with van der Waals surface area (Å²) in [7, 11) is 0. The molecule has 1 fully saturated rings. The molecule has 4 nitrogen and oxygen atoms in total. The standard InChI is InChI=1S/C13H18FN3O/c1-9-4-3-5-10(2)17(9)16-13(18)11-6-7-15-12(14)8-11/h6-10H,3-5H2,1-2H3,(H,16,18). The first-order chi connectivity index (χ1) is 8.58. The number of aromatic nitrogens is 1. The molecule has 1 amide bonds. The van der Waals surface area contributed by atoms with E-state index in [1.54, 1.807) is 0 Å². The van der Waals surface area contributed by atoms with Gasteiger partial charge in [-0.05, 0) is 32.8 Å². The Hall–Kier alpha value is -1.49. The SMILES string of the molecule is CC1CCCC(C)N1NC(=O)c1ccnc(F)c1. The number of amides is 1. The summed E-state index contributed by atoms with van der Waals surface area (Å²) in [5.74, 6) is -0.917. The van der Waals surface area contributed by atoms with Crippen molar-refractivity contribution in [2.75, 3.05) is 0 Å². The Morgan fingerprint density at radius 3 is 2.72 bits per heavy atom. The van der Waals surface area contributed by atoms with Gasteiger partial charge in [0.1, 0.15) is 0 Å². The number of hydrogen-bond acceptors (Lipinski definition) is 3. The molecule has 5 heteroatoms. The zero-order chi connectivity index (χ0) is 13.1. The van der Waals surface area contributed by atoms with Gasteiger partial charge in [0.25, 0.3) is 5.91 Å². The van der Waals surface area contributed by atoms with Crippen LogP contribution in [0.1, 0.15) is 43.5 Å². The summed E-state index contributed by atoms with van der Waals surface area (Å²) in [6.07, 6.45) is 4.61. The van der Waals surface area contributed by atoms with Gasteiger partial charge in [0, 0.05) is 29.9 Å². The zero-order valence-electron chi connectivity index (χ0n) is 10.7. The van der Waals surface area contributed by atoms with E-state index < -0.39 is 5.95 Å². The Kier molecular flexibility index (Phi) is 3.91. The van der Waals surface area contributed by atoms with Crippen molar-refractivity contribution in [3.05, 3.63) is 29.8 Å². The van der Waals surface area contributed by atoms with Crippen molar-refractivity contribution < 1.29 is 9.18 Å². The minimum absolute atomic E-state index is 0.281. The topological polar surface area (TPSA) is 45.2 Å². The van der Waals surface area contributed by atoms with Crippen LogP contribution in [0, 0.1) is 5.95 Å². The lowest BCUT2D eigenvalue weighted by Crippen LogP contribution is -2.54. The van der Waals surface area contributed by atoms with E-state index in [0.29, 0.717) is 17.6 Å². The first-order valence-electron chi connectivity index (χ1n) is 6.29. The molecule has 18 heavy (non-hydrogen) atoms. The third-order valence-electron chi connectivity index (χ3n) is 3.41. The maximum atomic E-state index is 13.0. The molecule has 2 rings (SSSR count). The molecular formula is C13H18FN3O. The predicted molar refractivity (Wildman–Crippen MR) is 66.3 cm³/mol. The Bertz CT molecular complexity index is 428. The van der Waals surface area contributed by atoms with Crippen molar-refractivity contribution in [2.24, 2.45) is 0 Å². The quantitative estimate of drug-likeness (QED) is 0.819. The average Bonchev–Trinajstić information content (AvgIpc) is 2.34. The lowest BCUT2D eigenvalue weighted by Gasteiger charge is -2.38. The van der Waals surface area contributed by atoms with E-state index in [9.17, 15) is 9.18 Å². The van der Waals surface area contributed by atoms with Crippen molar-refractivity contribution in [2.45, 2.75) is 45.2 Å². The van der Waals surface area contributed by atoms with Gasteiger partial charge in [-0.15, -0.1) is 0 Å². The maximum absolute atomic E-state index is 13.0. The van der Waals surface area contributed by atoms with Gasteiger partial charge < -0.3 is 0 Å². The van der Waals surface area contributed by atoms with Crippen LogP contribution in [-0.4, -0.2) is 28.0 Å². The van der Waals surface area contributed by atoms with Gasteiger partial charge in [0.15, 0.2) is 0 Å². The number of halogens is 1. The number of nitrogens with zero attached hydrogens (tertiary/aromatic N) is 2. The van der Waals surface area contributed by atoms with Crippen LogP contribution in [0.4, 0.5) is 4.39 Å². The molecule has 2 heterocycles. The van der Waals surface area contributed by atoms with E-state index in [0.717, 1.165) is 18.9 Å². The fourth-order valence-corrected chi connectivity index (χ4v) is 2.37. The minimum Gasteiger partial charge on any atom is -0.284 e. The van der Waals surface area contributed by atoms with E-state index in [4.69, 9.17) is 0 Å². The van der Waals surface area contributed by atoms with Crippen LogP contribution in [0.15, 0.2) is 18.3 Å². The Morgan fingerprint density at radius 1 is 1.44 bits per heavy atom. The monoisotopic (exact) mass is 251 g/mol. The second kappa shape index (κ2) is 5.44. The number of hydrazine groups is 1. The highest BCUT2D eigenvalue weighted by molar-refractivity contribution is 5.93. The molecule has 0 bridgehead atoms. The summed E-state index contributed by atoms with van der Waals surface area (Å²) in [5, 5.41) is 1.96. The maximum Gasteiger partial charge on any atom is 0.265 e. The Labute approximate surface area is 106 Å². The number of rotatable bonds is 2. The van der Waals surface area contributed by atoms with E-state index in [2.05, 4.69) is 24.3 Å². The van der Waals surface area contributed by atoms with Gasteiger partial charge in [-0.1, -0.05) is 6.42 Å². The van der Waals surface area contributed by atoms with E-state index in [-0.39, 0.29) is 5.91 Å². The van der Waals surface area contributed by atoms with Crippen LogP contribution in [0.2, 0.25) is 0 Å². The second-order valence-electron chi connectivity index (χ2n) is 4.84. The largest absolute Gasteiger partial charge is 0.284 e. The highest BCUT2D eigenvalue weighted by Crippen LogP contribution is 2.20. The van der Waals surface area contributed by atoms with Crippen molar-refractivity contribution in [3.63, 3.8) is 0 Å². The molecule has 1 aromatic rings. The van der Waals surface area contributed by atoms with Crippen LogP contribution >= 0.6 is 0 Å². The molecule has 1 aromatic heterocycles. The summed E-state index contributed by atoms with van der Waals surface area (Å²) in [5.41, 5.74) is 3.16. The molecule has 1 aliphatic rings. The smallest absolute Gasteiger partial charge is 0.265 e. The lowest BCUT2D eigenvalue weighted by molar-refractivity contribution is 0.0369. The normalized spacial score (nSPS) is 24.8. The van der Waals surface area contributed by atoms with Gasteiger partial charge in [-0.2, -0.15) is 4.39 Å².